The molecule has 0 aliphatic rings. The lowest BCUT2D eigenvalue weighted by molar-refractivity contribution is -0.116. The lowest BCUT2D eigenvalue weighted by atomic mass is 10.0. The molecule has 0 bridgehead atoms. The molecule has 0 unspecified atom stereocenters. The topological polar surface area (TPSA) is 75.7 Å². The molecule has 28 heavy (non-hydrogen) atoms. The zero-order chi connectivity index (χ0) is 20.7. The van der Waals surface area contributed by atoms with E-state index in [4.69, 9.17) is 4.74 Å². The third kappa shape index (κ3) is 5.99. The average molecular weight is 405 g/mol. The number of ether oxygens (including phenoxy) is 1. The summed E-state index contributed by atoms with van der Waals surface area (Å²) in [4.78, 5) is 12.4. The van der Waals surface area contributed by atoms with Crippen LogP contribution in [0.5, 0.6) is 5.75 Å². The summed E-state index contributed by atoms with van der Waals surface area (Å²) >= 11 is 0. The van der Waals surface area contributed by atoms with E-state index in [0.717, 1.165) is 17.5 Å². The highest BCUT2D eigenvalue weighted by molar-refractivity contribution is 7.92. The molecule has 0 saturated heterocycles. The zero-order valence-electron chi connectivity index (χ0n) is 16.8. The number of sulfonamides is 1. The zero-order valence-corrected chi connectivity index (χ0v) is 17.6. The van der Waals surface area contributed by atoms with E-state index in [1.807, 2.05) is 24.3 Å². The quantitative estimate of drug-likeness (QED) is 0.685. The van der Waals surface area contributed by atoms with Crippen LogP contribution in [0.1, 0.15) is 38.2 Å². The number of para-hydroxylation sites is 1. The van der Waals surface area contributed by atoms with Crippen molar-refractivity contribution in [3.8, 4) is 5.75 Å². The van der Waals surface area contributed by atoms with E-state index in [1.54, 1.807) is 24.3 Å². The van der Waals surface area contributed by atoms with E-state index in [1.165, 1.54) is 11.4 Å². The molecule has 0 saturated carbocycles. The third-order valence-corrected chi connectivity index (χ3v) is 5.56. The van der Waals surface area contributed by atoms with Gasteiger partial charge in [0.2, 0.25) is 15.9 Å². The van der Waals surface area contributed by atoms with Crippen LogP contribution in [-0.2, 0) is 14.8 Å². The van der Waals surface area contributed by atoms with Crippen LogP contribution in [0.15, 0.2) is 48.5 Å². The molecule has 2 aromatic carbocycles. The van der Waals surface area contributed by atoms with Crippen LogP contribution in [0.4, 0.5) is 11.4 Å². The maximum Gasteiger partial charge on any atom is 0.232 e. The molecule has 0 heterocycles. The molecule has 1 N–H and O–H groups in total. The number of amides is 1. The highest BCUT2D eigenvalue weighted by Gasteiger charge is 2.18. The number of benzene rings is 2. The standard InChI is InChI=1S/C21H28N2O4S/c1-16(2)19-11-5-6-12-20(19)22-21(24)13-8-14-23(28(4,25)26)17-9-7-10-18(15-17)27-3/h5-7,9-12,15-16H,8,13-14H2,1-4H3,(H,22,24). The second-order valence-electron chi connectivity index (χ2n) is 6.93. The van der Waals surface area contributed by atoms with Gasteiger partial charge in [0.15, 0.2) is 0 Å². The molecular formula is C21H28N2O4S. The van der Waals surface area contributed by atoms with E-state index in [0.29, 0.717) is 23.8 Å². The van der Waals surface area contributed by atoms with E-state index >= 15 is 0 Å². The van der Waals surface area contributed by atoms with Gasteiger partial charge in [-0.2, -0.15) is 0 Å². The first-order chi connectivity index (χ1) is 13.2. The Kier molecular flexibility index (Phi) is 7.45. The van der Waals surface area contributed by atoms with Crippen LogP contribution in [0.3, 0.4) is 0 Å². The first-order valence-corrected chi connectivity index (χ1v) is 11.1. The fourth-order valence-corrected chi connectivity index (χ4v) is 3.92. The molecule has 0 radical (unpaired) electrons. The number of nitrogens with zero attached hydrogens (tertiary/aromatic N) is 1. The van der Waals surface area contributed by atoms with E-state index in [2.05, 4.69) is 19.2 Å². The molecule has 0 aromatic heterocycles. The van der Waals surface area contributed by atoms with Crippen molar-refractivity contribution in [2.45, 2.75) is 32.6 Å². The molecule has 6 nitrogen and oxygen atoms in total. The Bertz CT molecular complexity index is 910. The van der Waals surface area contributed by atoms with Gasteiger partial charge in [-0.25, -0.2) is 8.42 Å². The first-order valence-electron chi connectivity index (χ1n) is 9.23. The monoisotopic (exact) mass is 404 g/mol. The molecular weight excluding hydrogens is 376 g/mol. The lowest BCUT2D eigenvalue weighted by Gasteiger charge is -2.22. The Morgan fingerprint density at radius 1 is 1.14 bits per heavy atom. The number of carbonyl (C=O) groups excluding carboxylic acids is 1. The molecule has 1 amide bonds. The van der Waals surface area contributed by atoms with Crippen molar-refractivity contribution >= 4 is 27.3 Å². The molecule has 7 heteroatoms. The van der Waals surface area contributed by atoms with Crippen molar-refractivity contribution in [1.82, 2.24) is 0 Å². The second kappa shape index (κ2) is 9.59. The van der Waals surface area contributed by atoms with E-state index in [-0.39, 0.29) is 18.9 Å². The summed E-state index contributed by atoms with van der Waals surface area (Å²) in [6.45, 7) is 4.36. The van der Waals surface area contributed by atoms with Crippen molar-refractivity contribution in [3.05, 3.63) is 54.1 Å². The molecule has 0 spiro atoms. The maximum absolute atomic E-state index is 12.4. The van der Waals surface area contributed by atoms with Gasteiger partial charge < -0.3 is 10.1 Å². The number of hydrogen-bond acceptors (Lipinski definition) is 4. The minimum absolute atomic E-state index is 0.132. The number of nitrogens with one attached hydrogen (secondary N) is 1. The summed E-state index contributed by atoms with van der Waals surface area (Å²) in [6, 6.07) is 14.6. The highest BCUT2D eigenvalue weighted by Crippen LogP contribution is 2.25. The fraction of sp³-hybridized carbons (Fsp3) is 0.381. The van der Waals surface area contributed by atoms with Gasteiger partial charge in [-0.05, 0) is 36.1 Å². The predicted molar refractivity (Wildman–Crippen MR) is 114 cm³/mol. The van der Waals surface area contributed by atoms with E-state index < -0.39 is 10.0 Å². The number of methoxy groups -OCH3 is 1. The second-order valence-corrected chi connectivity index (χ2v) is 8.84. The SMILES string of the molecule is COc1cccc(N(CCCC(=O)Nc2ccccc2C(C)C)S(C)(=O)=O)c1. The number of carbonyl (C=O) groups is 1. The molecule has 0 aliphatic heterocycles. The number of anilines is 2. The normalized spacial score (nSPS) is 11.3. The first kappa shape index (κ1) is 21.8. The van der Waals surface area contributed by atoms with Crippen LogP contribution in [0, 0.1) is 0 Å². The van der Waals surface area contributed by atoms with Gasteiger partial charge in [-0.1, -0.05) is 38.1 Å². The van der Waals surface area contributed by atoms with Crippen molar-refractivity contribution in [1.29, 1.82) is 0 Å². The molecule has 152 valence electrons. The number of rotatable bonds is 9. The van der Waals surface area contributed by atoms with Crippen LogP contribution in [0.2, 0.25) is 0 Å². The third-order valence-electron chi connectivity index (χ3n) is 4.36. The summed E-state index contributed by atoms with van der Waals surface area (Å²) in [5.74, 6) is 0.742. The molecule has 0 fully saturated rings. The Labute approximate surface area is 167 Å². The predicted octanol–water partition coefficient (Wildman–Crippen LogP) is 4.00. The van der Waals surface area contributed by atoms with Gasteiger partial charge in [0.1, 0.15) is 5.75 Å². The van der Waals surface area contributed by atoms with Crippen molar-refractivity contribution in [2.24, 2.45) is 0 Å². The van der Waals surface area contributed by atoms with Crippen molar-refractivity contribution in [3.63, 3.8) is 0 Å². The van der Waals surface area contributed by atoms with Crippen molar-refractivity contribution in [2.75, 3.05) is 29.5 Å². The van der Waals surface area contributed by atoms with Gasteiger partial charge in [0.25, 0.3) is 0 Å². The summed E-state index contributed by atoms with van der Waals surface area (Å²) in [5, 5.41) is 2.94. The molecule has 0 aliphatic carbocycles. The summed E-state index contributed by atoms with van der Waals surface area (Å²) < 4.78 is 30.9. The fourth-order valence-electron chi connectivity index (χ4n) is 2.96. The van der Waals surface area contributed by atoms with Gasteiger partial charge in [-0.15, -0.1) is 0 Å². The Hall–Kier alpha value is -2.54. The maximum atomic E-state index is 12.4. The van der Waals surface area contributed by atoms with Crippen molar-refractivity contribution < 1.29 is 17.9 Å². The van der Waals surface area contributed by atoms with Crippen LogP contribution in [-0.4, -0.2) is 34.2 Å². The van der Waals surface area contributed by atoms with Crippen LogP contribution >= 0.6 is 0 Å². The lowest BCUT2D eigenvalue weighted by Crippen LogP contribution is -2.31. The molecule has 2 aromatic rings. The molecule has 0 atom stereocenters. The summed E-state index contributed by atoms with van der Waals surface area (Å²) in [7, 11) is -1.94. The average Bonchev–Trinajstić information content (AvgIpc) is 2.64. The highest BCUT2D eigenvalue weighted by atomic mass is 32.2. The van der Waals surface area contributed by atoms with Gasteiger partial charge in [-0.3, -0.25) is 9.10 Å². The Morgan fingerprint density at radius 3 is 2.50 bits per heavy atom. The van der Waals surface area contributed by atoms with Crippen LogP contribution in [0.25, 0.3) is 0 Å². The smallest absolute Gasteiger partial charge is 0.232 e. The van der Waals surface area contributed by atoms with Gasteiger partial charge in [0, 0.05) is 24.7 Å². The molecule has 2 rings (SSSR count). The van der Waals surface area contributed by atoms with Crippen LogP contribution < -0.4 is 14.4 Å². The Morgan fingerprint density at radius 2 is 1.86 bits per heavy atom. The minimum Gasteiger partial charge on any atom is -0.497 e. The summed E-state index contributed by atoms with van der Waals surface area (Å²) in [5.41, 5.74) is 2.40. The summed E-state index contributed by atoms with van der Waals surface area (Å²) in [6.07, 6.45) is 1.79. The Balaban J connectivity index is 2.02. The minimum atomic E-state index is -3.47. The number of hydrogen-bond donors (Lipinski definition) is 1. The van der Waals surface area contributed by atoms with Gasteiger partial charge in [0.05, 0.1) is 19.1 Å². The largest absolute Gasteiger partial charge is 0.497 e. The van der Waals surface area contributed by atoms with E-state index in [9.17, 15) is 13.2 Å². The van der Waals surface area contributed by atoms with Gasteiger partial charge >= 0.3 is 0 Å².